The maximum Gasteiger partial charge on any atom is 0.228 e. The van der Waals surface area contributed by atoms with Crippen LogP contribution in [0.1, 0.15) is 35.1 Å². The van der Waals surface area contributed by atoms with E-state index in [1.54, 1.807) is 0 Å². The number of nitrogens with one attached hydrogen (secondary N) is 1. The molecular weight excluding hydrogens is 391 g/mol. The lowest BCUT2D eigenvalue weighted by Crippen LogP contribution is -2.44. The fourth-order valence-corrected chi connectivity index (χ4v) is 5.50. The topological polar surface area (TPSA) is 66.5 Å². The molecule has 1 N–H and O–H groups in total. The molecule has 156 valence electrons. The van der Waals surface area contributed by atoms with Crippen molar-refractivity contribution in [1.82, 2.24) is 4.31 Å². The van der Waals surface area contributed by atoms with E-state index in [9.17, 15) is 17.6 Å². The number of hydrogen-bond donors (Lipinski definition) is 1. The van der Waals surface area contributed by atoms with E-state index in [2.05, 4.69) is 5.32 Å². The van der Waals surface area contributed by atoms with E-state index in [-0.39, 0.29) is 18.2 Å². The van der Waals surface area contributed by atoms with Gasteiger partial charge in [0, 0.05) is 18.8 Å². The van der Waals surface area contributed by atoms with Crippen molar-refractivity contribution in [3.63, 3.8) is 0 Å². The van der Waals surface area contributed by atoms with E-state index < -0.39 is 21.8 Å². The number of aryl methyl sites for hydroxylation is 3. The third-order valence-corrected chi connectivity index (χ3v) is 7.15. The second kappa shape index (κ2) is 8.63. The van der Waals surface area contributed by atoms with Gasteiger partial charge >= 0.3 is 0 Å². The molecule has 1 heterocycles. The molecule has 1 aliphatic rings. The van der Waals surface area contributed by atoms with Gasteiger partial charge in [-0.1, -0.05) is 29.8 Å². The lowest BCUT2D eigenvalue weighted by molar-refractivity contribution is -0.120. The summed E-state index contributed by atoms with van der Waals surface area (Å²) in [7, 11) is -3.58. The molecule has 2 aromatic rings. The number of benzene rings is 2. The van der Waals surface area contributed by atoms with Gasteiger partial charge in [-0.05, 0) is 62.4 Å². The molecule has 5 nitrogen and oxygen atoms in total. The number of nitrogens with zero attached hydrogens (tertiary/aromatic N) is 1. The summed E-state index contributed by atoms with van der Waals surface area (Å²) in [6, 6.07) is 9.49. The van der Waals surface area contributed by atoms with Gasteiger partial charge in [0.2, 0.25) is 15.9 Å². The average Bonchev–Trinajstić information content (AvgIpc) is 2.66. The molecule has 2 aromatic carbocycles. The highest BCUT2D eigenvalue weighted by molar-refractivity contribution is 7.88. The quantitative estimate of drug-likeness (QED) is 0.800. The summed E-state index contributed by atoms with van der Waals surface area (Å²) in [6.45, 7) is 6.48. The number of amides is 1. The molecule has 0 bridgehead atoms. The summed E-state index contributed by atoms with van der Waals surface area (Å²) in [5.41, 5.74) is 4.45. The SMILES string of the molecule is Cc1cc(C)c(NC(=O)[C@@H]2CCCN(S(=O)(=O)Cc3ccc(F)cc3)C2)c(C)c1. The van der Waals surface area contributed by atoms with Crippen LogP contribution in [0.3, 0.4) is 0 Å². The van der Waals surface area contributed by atoms with Gasteiger partial charge in [0.1, 0.15) is 5.82 Å². The molecule has 1 atom stereocenters. The average molecular weight is 419 g/mol. The fourth-order valence-electron chi connectivity index (χ4n) is 3.89. The van der Waals surface area contributed by atoms with Crippen LogP contribution in [0.25, 0.3) is 0 Å². The van der Waals surface area contributed by atoms with E-state index in [0.29, 0.717) is 24.9 Å². The molecule has 0 aliphatic carbocycles. The van der Waals surface area contributed by atoms with Crippen LogP contribution in [0, 0.1) is 32.5 Å². The summed E-state index contributed by atoms with van der Waals surface area (Å²) in [6.07, 6.45) is 1.28. The van der Waals surface area contributed by atoms with Crippen molar-refractivity contribution in [2.75, 3.05) is 18.4 Å². The first-order chi connectivity index (χ1) is 13.7. The molecule has 0 unspecified atom stereocenters. The van der Waals surface area contributed by atoms with Gasteiger partial charge in [0.25, 0.3) is 0 Å². The molecule has 0 aromatic heterocycles. The zero-order chi connectivity index (χ0) is 21.2. The smallest absolute Gasteiger partial charge is 0.228 e. The van der Waals surface area contributed by atoms with Crippen LogP contribution in [0.4, 0.5) is 10.1 Å². The van der Waals surface area contributed by atoms with Crippen molar-refractivity contribution in [3.05, 3.63) is 64.5 Å². The van der Waals surface area contributed by atoms with Crippen LogP contribution in [-0.2, 0) is 20.6 Å². The van der Waals surface area contributed by atoms with Crippen LogP contribution < -0.4 is 5.32 Å². The fraction of sp³-hybridized carbons (Fsp3) is 0.409. The Hall–Kier alpha value is -2.25. The molecule has 0 radical (unpaired) electrons. The number of halogens is 1. The summed E-state index contributed by atoms with van der Waals surface area (Å²) in [5.74, 6) is -1.14. The number of carbonyl (C=O) groups is 1. The largest absolute Gasteiger partial charge is 0.325 e. The Balaban J connectivity index is 1.69. The summed E-state index contributed by atoms with van der Waals surface area (Å²) >= 11 is 0. The third-order valence-electron chi connectivity index (χ3n) is 5.34. The highest BCUT2D eigenvalue weighted by atomic mass is 32.2. The van der Waals surface area contributed by atoms with Gasteiger partial charge in [-0.25, -0.2) is 17.1 Å². The van der Waals surface area contributed by atoms with Gasteiger partial charge in [0.05, 0.1) is 11.7 Å². The molecule has 1 fully saturated rings. The molecular formula is C22H27FN2O3S. The second-order valence-corrected chi connectivity index (χ2v) is 9.81. The Bertz CT molecular complexity index is 980. The van der Waals surface area contributed by atoms with Crippen molar-refractivity contribution in [2.45, 2.75) is 39.4 Å². The minimum atomic E-state index is -3.58. The lowest BCUT2D eigenvalue weighted by Gasteiger charge is -2.31. The molecule has 1 saturated heterocycles. The number of rotatable bonds is 5. The Morgan fingerprint density at radius 3 is 2.38 bits per heavy atom. The first-order valence-electron chi connectivity index (χ1n) is 9.76. The van der Waals surface area contributed by atoms with Crippen LogP contribution in [0.2, 0.25) is 0 Å². The van der Waals surface area contributed by atoms with E-state index in [4.69, 9.17) is 0 Å². The zero-order valence-electron chi connectivity index (χ0n) is 17.0. The molecule has 0 spiro atoms. The summed E-state index contributed by atoms with van der Waals surface area (Å²) in [5, 5.41) is 3.00. The van der Waals surface area contributed by atoms with Crippen molar-refractivity contribution >= 4 is 21.6 Å². The monoisotopic (exact) mass is 418 g/mol. The first kappa shape index (κ1) is 21.5. The Kier molecular flexibility index (Phi) is 6.39. The zero-order valence-corrected chi connectivity index (χ0v) is 17.9. The van der Waals surface area contributed by atoms with Gasteiger partial charge in [-0.15, -0.1) is 0 Å². The van der Waals surface area contributed by atoms with Crippen LogP contribution >= 0.6 is 0 Å². The van der Waals surface area contributed by atoms with Gasteiger partial charge < -0.3 is 5.32 Å². The van der Waals surface area contributed by atoms with Gasteiger partial charge in [0.15, 0.2) is 0 Å². The van der Waals surface area contributed by atoms with Crippen molar-refractivity contribution in [1.29, 1.82) is 0 Å². The van der Waals surface area contributed by atoms with Gasteiger partial charge in [-0.2, -0.15) is 0 Å². The number of anilines is 1. The molecule has 3 rings (SSSR count). The maximum absolute atomic E-state index is 13.1. The van der Waals surface area contributed by atoms with Gasteiger partial charge in [-0.3, -0.25) is 4.79 Å². The summed E-state index contributed by atoms with van der Waals surface area (Å²) in [4.78, 5) is 12.9. The van der Waals surface area contributed by atoms with Crippen LogP contribution in [-0.4, -0.2) is 31.7 Å². The normalized spacial score (nSPS) is 17.9. The number of piperidine rings is 1. The van der Waals surface area contributed by atoms with E-state index >= 15 is 0 Å². The maximum atomic E-state index is 13.1. The minimum Gasteiger partial charge on any atom is -0.325 e. The predicted molar refractivity (Wildman–Crippen MR) is 113 cm³/mol. The Morgan fingerprint density at radius 1 is 1.14 bits per heavy atom. The van der Waals surface area contributed by atoms with Crippen molar-refractivity contribution in [3.8, 4) is 0 Å². The molecule has 1 amide bonds. The lowest BCUT2D eigenvalue weighted by atomic mass is 9.98. The molecule has 0 saturated carbocycles. The predicted octanol–water partition coefficient (Wildman–Crippen LogP) is 3.93. The molecule has 7 heteroatoms. The van der Waals surface area contributed by atoms with Crippen molar-refractivity contribution in [2.24, 2.45) is 5.92 Å². The van der Waals surface area contributed by atoms with Crippen LogP contribution in [0.5, 0.6) is 0 Å². The molecule has 29 heavy (non-hydrogen) atoms. The van der Waals surface area contributed by atoms with E-state index in [0.717, 1.165) is 22.4 Å². The standard InChI is InChI=1S/C22H27FN2O3S/c1-15-11-16(2)21(17(3)12-15)24-22(26)19-5-4-10-25(13-19)29(27,28)14-18-6-8-20(23)9-7-18/h6-9,11-12,19H,4-5,10,13-14H2,1-3H3,(H,24,26)/t19-/m1/s1. The van der Waals surface area contributed by atoms with Crippen LogP contribution in [0.15, 0.2) is 36.4 Å². The third kappa shape index (κ3) is 5.22. The Labute approximate surface area is 172 Å². The Morgan fingerprint density at radius 2 is 1.76 bits per heavy atom. The minimum absolute atomic E-state index is 0.151. The first-order valence-corrected chi connectivity index (χ1v) is 11.4. The summed E-state index contributed by atoms with van der Waals surface area (Å²) < 4.78 is 40.1. The van der Waals surface area contributed by atoms with E-state index in [1.807, 2.05) is 32.9 Å². The highest BCUT2D eigenvalue weighted by Gasteiger charge is 2.32. The second-order valence-electron chi connectivity index (χ2n) is 7.84. The number of hydrogen-bond acceptors (Lipinski definition) is 3. The van der Waals surface area contributed by atoms with E-state index in [1.165, 1.54) is 28.6 Å². The van der Waals surface area contributed by atoms with Crippen molar-refractivity contribution < 1.29 is 17.6 Å². The highest BCUT2D eigenvalue weighted by Crippen LogP contribution is 2.26. The molecule has 1 aliphatic heterocycles. The number of carbonyl (C=O) groups excluding carboxylic acids is 1. The number of sulfonamides is 1.